The predicted octanol–water partition coefficient (Wildman–Crippen LogP) is 3.11. The van der Waals surface area contributed by atoms with Gasteiger partial charge in [-0.3, -0.25) is 0 Å². The molecule has 0 aliphatic rings. The molecule has 0 unspecified atom stereocenters. The zero-order valence-corrected chi connectivity index (χ0v) is 12.1. The van der Waals surface area contributed by atoms with Crippen LogP contribution < -0.4 is 0 Å². The van der Waals surface area contributed by atoms with Crippen molar-refractivity contribution in [3.8, 4) is 0 Å². The summed E-state index contributed by atoms with van der Waals surface area (Å²) in [5.41, 5.74) is 1.21. The molecule has 0 aromatic rings. The number of rotatable bonds is 9. The molecule has 0 aromatic heterocycles. The molecule has 0 radical (unpaired) electrons. The van der Waals surface area contributed by atoms with Gasteiger partial charge in [0.05, 0.1) is 26.7 Å². The summed E-state index contributed by atoms with van der Waals surface area (Å²) >= 11 is 0. The Kier molecular flexibility index (Phi) is 7.48. The summed E-state index contributed by atoms with van der Waals surface area (Å²) in [7, 11) is 2.35. The van der Waals surface area contributed by atoms with Crippen LogP contribution in [0.4, 0.5) is 0 Å². The Morgan fingerprint density at radius 2 is 1.69 bits per heavy atom. The van der Waals surface area contributed by atoms with Gasteiger partial charge in [0.15, 0.2) is 0 Å². The fourth-order valence-corrected chi connectivity index (χ4v) is 1.95. The minimum atomic E-state index is 1.15. The number of allylic oxidation sites excluding steroid dienone is 1. The largest absolute Gasteiger partial charge is 0.375 e. The minimum absolute atomic E-state index is 1.15. The van der Waals surface area contributed by atoms with E-state index < -0.39 is 0 Å². The number of nitrogens with zero attached hydrogens (tertiary/aromatic N) is 2. The summed E-state index contributed by atoms with van der Waals surface area (Å²) in [4.78, 5) is 2.41. The van der Waals surface area contributed by atoms with Crippen molar-refractivity contribution >= 4 is 0 Å². The maximum Gasteiger partial charge on any atom is 0.0801 e. The van der Waals surface area contributed by atoms with Crippen LogP contribution in [0, 0.1) is 0 Å². The van der Waals surface area contributed by atoms with Crippen LogP contribution in [0.5, 0.6) is 0 Å². The normalized spacial score (nSPS) is 11.6. The maximum atomic E-state index is 4.05. The van der Waals surface area contributed by atoms with Crippen molar-refractivity contribution in [2.45, 2.75) is 40.5 Å². The molecule has 0 aliphatic heterocycles. The maximum absolute atomic E-state index is 4.05. The number of hydrogen-bond acceptors (Lipinski definition) is 1. The molecular formula is C14H31N2+. The molecule has 0 aliphatic carbocycles. The van der Waals surface area contributed by atoms with Crippen molar-refractivity contribution < 1.29 is 4.48 Å². The molecule has 0 N–H and O–H groups in total. The molecule has 0 spiro atoms. The summed E-state index contributed by atoms with van der Waals surface area (Å²) in [6.45, 7) is 19.0. The lowest BCUT2D eigenvalue weighted by Gasteiger charge is -2.33. The van der Waals surface area contributed by atoms with Gasteiger partial charge in [-0.05, 0) is 27.2 Å². The lowest BCUT2D eigenvalue weighted by Crippen LogP contribution is -2.45. The highest BCUT2D eigenvalue weighted by Gasteiger charge is 2.16. The molecule has 0 bridgehead atoms. The average molecular weight is 227 g/mol. The summed E-state index contributed by atoms with van der Waals surface area (Å²) in [6, 6.07) is 0. The Bertz CT molecular complexity index is 195. The van der Waals surface area contributed by atoms with Crippen LogP contribution in [0.2, 0.25) is 0 Å². The third-order valence-corrected chi connectivity index (χ3v) is 3.69. The Morgan fingerprint density at radius 3 is 2.06 bits per heavy atom. The summed E-state index contributed by atoms with van der Waals surface area (Å²) in [6.07, 6.45) is 2.48. The van der Waals surface area contributed by atoms with Gasteiger partial charge >= 0.3 is 0 Å². The van der Waals surface area contributed by atoms with Crippen LogP contribution in [0.15, 0.2) is 12.3 Å². The molecule has 0 amide bonds. The third kappa shape index (κ3) is 5.55. The molecule has 16 heavy (non-hydrogen) atoms. The predicted molar refractivity (Wildman–Crippen MR) is 73.4 cm³/mol. The van der Waals surface area contributed by atoms with E-state index in [0.29, 0.717) is 0 Å². The van der Waals surface area contributed by atoms with Crippen LogP contribution in [-0.4, -0.2) is 49.2 Å². The van der Waals surface area contributed by atoms with Gasteiger partial charge in [-0.2, -0.15) is 0 Å². The zero-order valence-electron chi connectivity index (χ0n) is 12.1. The van der Waals surface area contributed by atoms with Gasteiger partial charge in [-0.15, -0.1) is 0 Å². The number of quaternary nitrogens is 1. The Balaban J connectivity index is 3.98. The van der Waals surface area contributed by atoms with Gasteiger partial charge in [0, 0.05) is 25.2 Å². The molecule has 0 fully saturated rings. The summed E-state index contributed by atoms with van der Waals surface area (Å²) in [5.74, 6) is 0. The fraction of sp³-hybridized carbons (Fsp3) is 0.857. The average Bonchev–Trinajstić information content (AvgIpc) is 2.27. The van der Waals surface area contributed by atoms with Gasteiger partial charge in [-0.1, -0.05) is 13.5 Å². The number of hydrogen-bond donors (Lipinski definition) is 0. The first-order chi connectivity index (χ1) is 7.49. The topological polar surface area (TPSA) is 3.24 Å². The van der Waals surface area contributed by atoms with Crippen LogP contribution in [0.1, 0.15) is 40.5 Å². The lowest BCUT2D eigenvalue weighted by molar-refractivity contribution is -0.906. The fourth-order valence-electron chi connectivity index (χ4n) is 1.95. The second-order valence-corrected chi connectivity index (χ2v) is 5.05. The highest BCUT2D eigenvalue weighted by Crippen LogP contribution is 2.07. The molecule has 0 atom stereocenters. The van der Waals surface area contributed by atoms with Gasteiger partial charge in [0.1, 0.15) is 0 Å². The summed E-state index contributed by atoms with van der Waals surface area (Å²) in [5, 5.41) is 0. The van der Waals surface area contributed by atoms with E-state index in [2.05, 4.69) is 46.2 Å². The van der Waals surface area contributed by atoms with Crippen molar-refractivity contribution in [1.82, 2.24) is 4.90 Å². The Labute approximate surface area is 103 Å². The summed E-state index contributed by atoms with van der Waals surface area (Å²) < 4.78 is 1.19. The third-order valence-electron chi connectivity index (χ3n) is 3.69. The minimum Gasteiger partial charge on any atom is -0.375 e. The van der Waals surface area contributed by atoms with E-state index in [1.165, 1.54) is 42.7 Å². The Hall–Kier alpha value is -0.500. The molecule has 0 heterocycles. The molecule has 0 rings (SSSR count). The zero-order chi connectivity index (χ0) is 12.6. The molecule has 0 aromatic carbocycles. The van der Waals surface area contributed by atoms with Crippen LogP contribution in [0.3, 0.4) is 0 Å². The van der Waals surface area contributed by atoms with Gasteiger partial charge < -0.3 is 9.38 Å². The molecule has 96 valence electrons. The van der Waals surface area contributed by atoms with E-state index in [1.54, 1.807) is 0 Å². The van der Waals surface area contributed by atoms with Crippen molar-refractivity contribution in [1.29, 1.82) is 0 Å². The standard InChI is InChI=1S/C14H31N2/c1-7-11-15(14(4)5)12-10-13-16(6,8-2)9-3/h4,7-13H2,1-3,5-6H3/q+1. The van der Waals surface area contributed by atoms with Gasteiger partial charge in [0.2, 0.25) is 0 Å². The van der Waals surface area contributed by atoms with Crippen LogP contribution in [-0.2, 0) is 0 Å². The van der Waals surface area contributed by atoms with E-state index in [1.807, 2.05) is 0 Å². The van der Waals surface area contributed by atoms with E-state index in [0.717, 1.165) is 13.1 Å². The first-order valence-electron chi connectivity index (χ1n) is 6.73. The van der Waals surface area contributed by atoms with Gasteiger partial charge in [0.25, 0.3) is 0 Å². The van der Waals surface area contributed by atoms with Crippen molar-refractivity contribution in [2.24, 2.45) is 0 Å². The second-order valence-electron chi connectivity index (χ2n) is 5.05. The van der Waals surface area contributed by atoms with Crippen LogP contribution >= 0.6 is 0 Å². The quantitative estimate of drug-likeness (QED) is 0.547. The molecule has 0 saturated carbocycles. The van der Waals surface area contributed by atoms with E-state index in [9.17, 15) is 0 Å². The smallest absolute Gasteiger partial charge is 0.0801 e. The van der Waals surface area contributed by atoms with Gasteiger partial charge in [-0.25, -0.2) is 0 Å². The molecule has 2 nitrogen and oxygen atoms in total. The van der Waals surface area contributed by atoms with Crippen LogP contribution in [0.25, 0.3) is 0 Å². The van der Waals surface area contributed by atoms with Crippen molar-refractivity contribution in [3.05, 3.63) is 12.3 Å². The first kappa shape index (κ1) is 15.5. The van der Waals surface area contributed by atoms with Crippen molar-refractivity contribution in [2.75, 3.05) is 39.8 Å². The molecule has 2 heteroatoms. The monoisotopic (exact) mass is 227 g/mol. The van der Waals surface area contributed by atoms with E-state index >= 15 is 0 Å². The van der Waals surface area contributed by atoms with E-state index in [4.69, 9.17) is 0 Å². The SMILES string of the molecule is C=C(C)N(CCC)CCC[N+](C)(CC)CC. The second kappa shape index (κ2) is 7.72. The van der Waals surface area contributed by atoms with Crippen molar-refractivity contribution in [3.63, 3.8) is 0 Å². The highest BCUT2D eigenvalue weighted by molar-refractivity contribution is 4.87. The first-order valence-corrected chi connectivity index (χ1v) is 6.73. The highest BCUT2D eigenvalue weighted by atomic mass is 15.3. The molecule has 0 saturated heterocycles. The molecular weight excluding hydrogens is 196 g/mol. The Morgan fingerprint density at radius 1 is 1.12 bits per heavy atom. The lowest BCUT2D eigenvalue weighted by atomic mass is 10.2. The van der Waals surface area contributed by atoms with E-state index in [-0.39, 0.29) is 0 Å².